The largest absolute Gasteiger partial charge is 0.352 e. The lowest BCUT2D eigenvalue weighted by molar-refractivity contribution is -0.141. The van der Waals surface area contributed by atoms with Crippen LogP contribution in [0.5, 0.6) is 0 Å². The summed E-state index contributed by atoms with van der Waals surface area (Å²) in [6, 6.07) is 11.9. The Morgan fingerprint density at radius 1 is 1.11 bits per heavy atom. The average Bonchev–Trinajstić information content (AvgIpc) is 3.34. The molecule has 1 saturated carbocycles. The molecular formula is C27H35Cl2N3O4S. The van der Waals surface area contributed by atoms with Crippen LogP contribution in [-0.2, 0) is 26.2 Å². The average molecular weight is 569 g/mol. The van der Waals surface area contributed by atoms with Gasteiger partial charge in [-0.2, -0.15) is 0 Å². The van der Waals surface area contributed by atoms with Crippen molar-refractivity contribution < 1.29 is 18.0 Å². The number of benzene rings is 2. The Bertz CT molecular complexity index is 1220. The normalized spacial score (nSPS) is 14.8. The standard InChI is InChI=1S/C27H35Cl2N3O4S/c1-19-8-6-9-21(16-19)18-31(20(2)27(34)30-23-10-4-5-11-23)26(33)12-7-15-32(37(3,35)36)25-17-22(28)13-14-24(25)29/h6,8-9,13-14,16-17,20,23H,4-5,7,10-12,15,18H2,1-3H3,(H,30,34)/t20-/m0/s1. The summed E-state index contributed by atoms with van der Waals surface area (Å²) in [5.41, 5.74) is 2.26. The van der Waals surface area contributed by atoms with Gasteiger partial charge in [-0.15, -0.1) is 0 Å². The lowest BCUT2D eigenvalue weighted by atomic mass is 10.1. The third kappa shape index (κ3) is 8.35. The molecule has 0 unspecified atom stereocenters. The van der Waals surface area contributed by atoms with Crippen molar-refractivity contribution >= 4 is 50.7 Å². The molecule has 0 radical (unpaired) electrons. The van der Waals surface area contributed by atoms with Crippen molar-refractivity contribution in [1.29, 1.82) is 0 Å². The van der Waals surface area contributed by atoms with Crippen molar-refractivity contribution in [3.63, 3.8) is 0 Å². The van der Waals surface area contributed by atoms with Crippen LogP contribution in [0, 0.1) is 6.92 Å². The molecule has 2 aromatic carbocycles. The highest BCUT2D eigenvalue weighted by Gasteiger charge is 2.29. The minimum absolute atomic E-state index is 0.0472. The third-order valence-corrected chi connectivity index (χ3v) is 8.37. The number of carbonyl (C=O) groups is 2. The van der Waals surface area contributed by atoms with Crippen LogP contribution in [0.15, 0.2) is 42.5 Å². The quantitative estimate of drug-likeness (QED) is 0.398. The lowest BCUT2D eigenvalue weighted by Crippen LogP contribution is -2.49. The summed E-state index contributed by atoms with van der Waals surface area (Å²) < 4.78 is 26.2. The van der Waals surface area contributed by atoms with Crippen molar-refractivity contribution in [3.05, 3.63) is 63.6 Å². The van der Waals surface area contributed by atoms with Gasteiger partial charge in [0.15, 0.2) is 0 Å². The number of halogens is 2. The number of hydrogen-bond acceptors (Lipinski definition) is 4. The van der Waals surface area contributed by atoms with Gasteiger partial charge in [0, 0.05) is 30.6 Å². The summed E-state index contributed by atoms with van der Waals surface area (Å²) in [4.78, 5) is 28.1. The Morgan fingerprint density at radius 2 is 1.81 bits per heavy atom. The molecule has 3 rings (SSSR count). The van der Waals surface area contributed by atoms with Crippen molar-refractivity contribution in [2.45, 2.75) is 71.0 Å². The second-order valence-corrected chi connectivity index (χ2v) is 12.5. The molecule has 0 spiro atoms. The molecule has 0 aromatic heterocycles. The van der Waals surface area contributed by atoms with Gasteiger partial charge in [-0.25, -0.2) is 8.42 Å². The van der Waals surface area contributed by atoms with E-state index in [-0.39, 0.29) is 54.5 Å². The topological polar surface area (TPSA) is 86.8 Å². The first-order chi connectivity index (χ1) is 17.5. The van der Waals surface area contributed by atoms with Crippen LogP contribution in [0.25, 0.3) is 0 Å². The molecule has 202 valence electrons. The van der Waals surface area contributed by atoms with E-state index < -0.39 is 16.1 Å². The summed E-state index contributed by atoms with van der Waals surface area (Å²) in [5.74, 6) is -0.391. The molecule has 0 bridgehead atoms. The summed E-state index contributed by atoms with van der Waals surface area (Å²) in [6.07, 6.45) is 5.51. The zero-order valence-electron chi connectivity index (χ0n) is 21.5. The molecule has 37 heavy (non-hydrogen) atoms. The van der Waals surface area contributed by atoms with Gasteiger partial charge in [0.2, 0.25) is 21.8 Å². The maximum atomic E-state index is 13.4. The van der Waals surface area contributed by atoms with E-state index in [0.29, 0.717) is 5.02 Å². The minimum atomic E-state index is -3.67. The fourth-order valence-electron chi connectivity index (χ4n) is 4.64. The first kappa shape index (κ1) is 29.3. The van der Waals surface area contributed by atoms with Gasteiger partial charge in [-0.05, 0) is 56.9 Å². The predicted octanol–water partition coefficient (Wildman–Crippen LogP) is 5.32. The van der Waals surface area contributed by atoms with Gasteiger partial charge >= 0.3 is 0 Å². The number of nitrogens with one attached hydrogen (secondary N) is 1. The van der Waals surface area contributed by atoms with Crippen LogP contribution in [0.2, 0.25) is 10.0 Å². The summed E-state index contributed by atoms with van der Waals surface area (Å²) in [7, 11) is -3.67. The van der Waals surface area contributed by atoms with Crippen LogP contribution in [0.1, 0.15) is 56.6 Å². The number of rotatable bonds is 11. The maximum absolute atomic E-state index is 13.4. The van der Waals surface area contributed by atoms with E-state index in [4.69, 9.17) is 23.2 Å². The Morgan fingerprint density at radius 3 is 2.46 bits per heavy atom. The molecule has 0 aliphatic heterocycles. The van der Waals surface area contributed by atoms with Crippen molar-refractivity contribution in [1.82, 2.24) is 10.2 Å². The Hall–Kier alpha value is -2.29. The summed E-state index contributed by atoms with van der Waals surface area (Å²) in [6.45, 7) is 4.06. The van der Waals surface area contributed by atoms with Crippen molar-refractivity contribution in [2.24, 2.45) is 0 Å². The number of anilines is 1. The van der Waals surface area contributed by atoms with Crippen molar-refractivity contribution in [2.75, 3.05) is 17.1 Å². The third-order valence-electron chi connectivity index (χ3n) is 6.63. The van der Waals surface area contributed by atoms with Gasteiger partial charge in [0.05, 0.1) is 17.0 Å². The zero-order chi connectivity index (χ0) is 27.2. The molecule has 0 saturated heterocycles. The van der Waals surface area contributed by atoms with E-state index >= 15 is 0 Å². The van der Waals surface area contributed by atoms with Gasteiger partial charge in [-0.1, -0.05) is 65.9 Å². The lowest BCUT2D eigenvalue weighted by Gasteiger charge is -2.30. The second-order valence-electron chi connectivity index (χ2n) is 9.71. The Labute approximate surface area is 230 Å². The molecule has 2 aromatic rings. The summed E-state index contributed by atoms with van der Waals surface area (Å²) >= 11 is 12.3. The number of sulfonamides is 1. The first-order valence-electron chi connectivity index (χ1n) is 12.5. The molecule has 1 N–H and O–H groups in total. The minimum Gasteiger partial charge on any atom is -0.352 e. The van der Waals surface area contributed by atoms with E-state index in [1.807, 2.05) is 31.2 Å². The zero-order valence-corrected chi connectivity index (χ0v) is 23.9. The molecular weight excluding hydrogens is 533 g/mol. The molecule has 0 heterocycles. The molecule has 1 aliphatic rings. The smallest absolute Gasteiger partial charge is 0.242 e. The first-order valence-corrected chi connectivity index (χ1v) is 15.1. The van der Waals surface area contributed by atoms with Crippen molar-refractivity contribution in [3.8, 4) is 0 Å². The number of amides is 2. The van der Waals surface area contributed by atoms with Gasteiger partial charge < -0.3 is 10.2 Å². The number of nitrogens with zero attached hydrogens (tertiary/aromatic N) is 2. The Kier molecular flexibility index (Phi) is 10.3. The van der Waals surface area contributed by atoms with Crippen LogP contribution in [0.3, 0.4) is 0 Å². The molecule has 1 fully saturated rings. The monoisotopic (exact) mass is 567 g/mol. The Balaban J connectivity index is 1.74. The van der Waals surface area contributed by atoms with E-state index in [1.165, 1.54) is 12.1 Å². The maximum Gasteiger partial charge on any atom is 0.242 e. The summed E-state index contributed by atoms with van der Waals surface area (Å²) in [5, 5.41) is 3.70. The molecule has 10 heteroatoms. The van der Waals surface area contributed by atoms with Gasteiger partial charge in [-0.3, -0.25) is 13.9 Å². The number of aryl methyl sites for hydroxylation is 1. The van der Waals surface area contributed by atoms with Crippen LogP contribution in [0.4, 0.5) is 5.69 Å². The molecule has 2 amide bonds. The van der Waals surface area contributed by atoms with Gasteiger partial charge in [0.25, 0.3) is 0 Å². The number of hydrogen-bond donors (Lipinski definition) is 1. The SMILES string of the molecule is Cc1cccc(CN(C(=O)CCCN(c2cc(Cl)ccc2Cl)S(C)(=O)=O)[C@@H](C)C(=O)NC2CCCC2)c1. The molecule has 1 atom stereocenters. The highest BCUT2D eigenvalue weighted by Crippen LogP contribution is 2.31. The number of carbonyl (C=O) groups excluding carboxylic acids is 2. The van der Waals surface area contributed by atoms with E-state index in [1.54, 1.807) is 17.9 Å². The molecule has 1 aliphatic carbocycles. The molecule has 7 nitrogen and oxygen atoms in total. The highest BCUT2D eigenvalue weighted by molar-refractivity contribution is 7.92. The van der Waals surface area contributed by atoms with E-state index in [0.717, 1.165) is 47.4 Å². The van der Waals surface area contributed by atoms with Gasteiger partial charge in [0.1, 0.15) is 6.04 Å². The second kappa shape index (κ2) is 13.0. The van der Waals surface area contributed by atoms with E-state index in [2.05, 4.69) is 5.32 Å². The van der Waals surface area contributed by atoms with E-state index in [9.17, 15) is 18.0 Å². The fraction of sp³-hybridized carbons (Fsp3) is 0.481. The van der Waals surface area contributed by atoms with Crippen LogP contribution >= 0.6 is 23.2 Å². The van der Waals surface area contributed by atoms with Crippen LogP contribution < -0.4 is 9.62 Å². The highest BCUT2D eigenvalue weighted by atomic mass is 35.5. The van der Waals surface area contributed by atoms with Crippen LogP contribution in [-0.4, -0.2) is 50.0 Å². The fourth-order valence-corrected chi connectivity index (χ4v) is 6.05. The predicted molar refractivity (Wildman–Crippen MR) is 149 cm³/mol.